The van der Waals surface area contributed by atoms with Crippen LogP contribution in [0.25, 0.3) is 0 Å². The summed E-state index contributed by atoms with van der Waals surface area (Å²) in [4.78, 5) is 0.581. The van der Waals surface area contributed by atoms with Crippen molar-refractivity contribution >= 4 is 34.0 Å². The number of nitrogens with one attached hydrogen (secondary N) is 1. The molecule has 0 spiro atoms. The van der Waals surface area contributed by atoms with E-state index in [9.17, 15) is 4.21 Å². The van der Waals surface area contributed by atoms with Crippen LogP contribution in [0.4, 0.5) is 0 Å². The van der Waals surface area contributed by atoms with Gasteiger partial charge in [0.15, 0.2) is 0 Å². The van der Waals surface area contributed by atoms with Crippen molar-refractivity contribution in [2.75, 3.05) is 12.8 Å². The van der Waals surface area contributed by atoms with Gasteiger partial charge in [0, 0.05) is 16.8 Å². The first-order valence-electron chi connectivity index (χ1n) is 6.59. The number of rotatable bonds is 5. The van der Waals surface area contributed by atoms with Crippen molar-refractivity contribution in [1.82, 2.24) is 5.32 Å². The Bertz CT molecular complexity index is 660. The van der Waals surface area contributed by atoms with E-state index in [1.165, 1.54) is 5.56 Å². The van der Waals surface area contributed by atoms with Crippen LogP contribution >= 0.6 is 23.2 Å². The predicted molar refractivity (Wildman–Crippen MR) is 90.7 cm³/mol. The van der Waals surface area contributed by atoms with Gasteiger partial charge < -0.3 is 5.32 Å². The molecule has 0 radical (unpaired) electrons. The lowest BCUT2D eigenvalue weighted by molar-refractivity contribution is 0.633. The van der Waals surface area contributed by atoms with E-state index < -0.39 is 10.8 Å². The second kappa shape index (κ2) is 7.41. The second-order valence-corrected chi connectivity index (χ2v) is 7.09. The standard InChI is InChI=1S/C16H17Cl2NOS/c1-11-5-3-4-6-13(11)15(19-2)10-21(20)16-9-12(17)7-8-14(16)18/h3-9,15,19H,10H2,1-2H3. The average molecular weight is 342 g/mol. The average Bonchev–Trinajstić information content (AvgIpc) is 2.48. The largest absolute Gasteiger partial charge is 0.312 e. The van der Waals surface area contributed by atoms with Crippen molar-refractivity contribution in [3.05, 3.63) is 63.6 Å². The normalized spacial score (nSPS) is 13.9. The van der Waals surface area contributed by atoms with Gasteiger partial charge in [0.25, 0.3) is 0 Å². The molecule has 2 aromatic rings. The van der Waals surface area contributed by atoms with Crippen molar-refractivity contribution in [3.63, 3.8) is 0 Å². The first-order valence-corrected chi connectivity index (χ1v) is 8.66. The van der Waals surface area contributed by atoms with Gasteiger partial charge >= 0.3 is 0 Å². The van der Waals surface area contributed by atoms with Crippen molar-refractivity contribution in [2.45, 2.75) is 17.9 Å². The summed E-state index contributed by atoms with van der Waals surface area (Å²) in [6.07, 6.45) is 0. The summed E-state index contributed by atoms with van der Waals surface area (Å²) >= 11 is 12.1. The van der Waals surface area contributed by atoms with Crippen LogP contribution in [0.1, 0.15) is 17.2 Å². The molecule has 0 aliphatic heterocycles. The van der Waals surface area contributed by atoms with Gasteiger partial charge in [0.2, 0.25) is 0 Å². The van der Waals surface area contributed by atoms with Crippen molar-refractivity contribution in [1.29, 1.82) is 0 Å². The molecule has 0 amide bonds. The summed E-state index contributed by atoms with van der Waals surface area (Å²) in [5.41, 5.74) is 2.32. The highest BCUT2D eigenvalue weighted by molar-refractivity contribution is 7.85. The Morgan fingerprint density at radius 2 is 1.90 bits per heavy atom. The monoisotopic (exact) mass is 341 g/mol. The molecule has 0 fully saturated rings. The van der Waals surface area contributed by atoms with E-state index in [0.29, 0.717) is 20.7 Å². The lowest BCUT2D eigenvalue weighted by Crippen LogP contribution is -2.23. The van der Waals surface area contributed by atoms with Gasteiger partial charge in [-0.25, -0.2) is 0 Å². The molecule has 21 heavy (non-hydrogen) atoms. The molecule has 2 nitrogen and oxygen atoms in total. The Labute approximate surface area is 137 Å². The zero-order valence-electron chi connectivity index (χ0n) is 11.9. The minimum absolute atomic E-state index is 0.00193. The molecule has 2 aromatic carbocycles. The fourth-order valence-corrected chi connectivity index (χ4v) is 4.18. The minimum Gasteiger partial charge on any atom is -0.312 e. The molecule has 2 atom stereocenters. The smallest absolute Gasteiger partial charge is 0.0589 e. The van der Waals surface area contributed by atoms with Crippen LogP contribution in [0.15, 0.2) is 47.4 Å². The van der Waals surface area contributed by atoms with Crippen LogP contribution < -0.4 is 5.32 Å². The van der Waals surface area contributed by atoms with Gasteiger partial charge in [-0.1, -0.05) is 47.5 Å². The highest BCUT2D eigenvalue weighted by Gasteiger charge is 2.18. The summed E-state index contributed by atoms with van der Waals surface area (Å²) in [5, 5.41) is 4.25. The van der Waals surface area contributed by atoms with E-state index in [2.05, 4.69) is 18.3 Å². The SMILES string of the molecule is CNC(CS(=O)c1cc(Cl)ccc1Cl)c1ccccc1C. The lowest BCUT2D eigenvalue weighted by atomic mass is 10.0. The highest BCUT2D eigenvalue weighted by atomic mass is 35.5. The van der Waals surface area contributed by atoms with Crippen molar-refractivity contribution in [2.24, 2.45) is 0 Å². The molecule has 112 valence electrons. The van der Waals surface area contributed by atoms with Gasteiger partial charge in [-0.3, -0.25) is 4.21 Å². The molecule has 0 aromatic heterocycles. The Hall–Kier alpha value is -0.870. The fourth-order valence-electron chi connectivity index (χ4n) is 2.20. The zero-order valence-corrected chi connectivity index (χ0v) is 14.2. The van der Waals surface area contributed by atoms with E-state index in [-0.39, 0.29) is 6.04 Å². The van der Waals surface area contributed by atoms with Crippen LogP contribution in [0.2, 0.25) is 10.0 Å². The maximum absolute atomic E-state index is 12.6. The third-order valence-corrected chi connectivity index (χ3v) is 5.51. The summed E-state index contributed by atoms with van der Waals surface area (Å²) < 4.78 is 12.6. The van der Waals surface area contributed by atoms with E-state index in [0.717, 1.165) is 5.56 Å². The van der Waals surface area contributed by atoms with Crippen LogP contribution in [0.5, 0.6) is 0 Å². The molecular formula is C16H17Cl2NOS. The molecule has 1 N–H and O–H groups in total. The number of halogens is 2. The number of benzene rings is 2. The first-order chi connectivity index (χ1) is 10.0. The maximum atomic E-state index is 12.6. The lowest BCUT2D eigenvalue weighted by Gasteiger charge is -2.18. The molecule has 0 saturated heterocycles. The quantitative estimate of drug-likeness (QED) is 0.874. The van der Waals surface area contributed by atoms with Gasteiger partial charge in [-0.15, -0.1) is 0 Å². The van der Waals surface area contributed by atoms with Crippen LogP contribution in [0.3, 0.4) is 0 Å². The van der Waals surface area contributed by atoms with Crippen LogP contribution in [-0.4, -0.2) is 17.0 Å². The third-order valence-electron chi connectivity index (χ3n) is 3.37. The van der Waals surface area contributed by atoms with E-state index in [1.807, 2.05) is 25.2 Å². The number of hydrogen-bond donors (Lipinski definition) is 1. The molecule has 0 aliphatic rings. The zero-order chi connectivity index (χ0) is 15.4. The molecule has 0 heterocycles. The molecule has 2 rings (SSSR count). The Morgan fingerprint density at radius 3 is 2.57 bits per heavy atom. The van der Waals surface area contributed by atoms with Gasteiger partial charge in [0.1, 0.15) is 0 Å². The molecule has 0 saturated carbocycles. The maximum Gasteiger partial charge on any atom is 0.0589 e. The van der Waals surface area contributed by atoms with Gasteiger partial charge in [-0.2, -0.15) is 0 Å². The molecule has 2 unspecified atom stereocenters. The fraction of sp³-hybridized carbons (Fsp3) is 0.250. The predicted octanol–water partition coefficient (Wildman–Crippen LogP) is 4.37. The summed E-state index contributed by atoms with van der Waals surface area (Å²) in [5.74, 6) is 0.446. The summed E-state index contributed by atoms with van der Waals surface area (Å²) in [7, 11) is 0.646. The van der Waals surface area contributed by atoms with E-state index >= 15 is 0 Å². The minimum atomic E-state index is -1.22. The highest BCUT2D eigenvalue weighted by Crippen LogP contribution is 2.26. The molecular weight excluding hydrogens is 325 g/mol. The second-order valence-electron chi connectivity index (χ2n) is 4.78. The van der Waals surface area contributed by atoms with Crippen LogP contribution in [-0.2, 0) is 10.8 Å². The van der Waals surface area contributed by atoms with Gasteiger partial charge in [0.05, 0.1) is 20.7 Å². The Balaban J connectivity index is 2.25. The van der Waals surface area contributed by atoms with E-state index in [4.69, 9.17) is 23.2 Å². The van der Waals surface area contributed by atoms with Crippen LogP contribution in [0, 0.1) is 6.92 Å². The Kier molecular flexibility index (Phi) is 5.82. The van der Waals surface area contributed by atoms with Crippen molar-refractivity contribution in [3.8, 4) is 0 Å². The third kappa shape index (κ3) is 4.07. The summed E-state index contributed by atoms with van der Waals surface area (Å²) in [6.45, 7) is 2.05. The van der Waals surface area contributed by atoms with Crippen molar-refractivity contribution < 1.29 is 4.21 Å². The Morgan fingerprint density at radius 1 is 1.19 bits per heavy atom. The number of hydrogen-bond acceptors (Lipinski definition) is 2. The number of aryl methyl sites for hydroxylation is 1. The van der Waals surface area contributed by atoms with E-state index in [1.54, 1.807) is 18.2 Å². The molecule has 0 bridgehead atoms. The first kappa shape index (κ1) is 16.5. The molecule has 5 heteroatoms. The topological polar surface area (TPSA) is 29.1 Å². The summed E-state index contributed by atoms with van der Waals surface area (Å²) in [6, 6.07) is 13.1. The molecule has 0 aliphatic carbocycles. The van der Waals surface area contributed by atoms with Gasteiger partial charge in [-0.05, 0) is 43.3 Å².